The fourth-order valence-corrected chi connectivity index (χ4v) is 3.72. The zero-order valence-electron chi connectivity index (χ0n) is 12.6. The topological polar surface area (TPSA) is 163 Å². The van der Waals surface area contributed by atoms with Crippen LogP contribution in [0.25, 0.3) is 0 Å². The zero-order chi connectivity index (χ0) is 18.2. The number of allylic oxidation sites excluding steroid dienone is 2. The van der Waals surface area contributed by atoms with Gasteiger partial charge >= 0.3 is 0 Å². The normalized spacial score (nSPS) is 28.0. The van der Waals surface area contributed by atoms with Gasteiger partial charge in [0.2, 0.25) is 5.85 Å². The van der Waals surface area contributed by atoms with Gasteiger partial charge in [-0.25, -0.2) is 0 Å². The molecule has 0 aliphatic carbocycles. The van der Waals surface area contributed by atoms with Gasteiger partial charge in [0.1, 0.15) is 29.0 Å². The molecular formula is C17H9N7O. The molecule has 0 bridgehead atoms. The van der Waals surface area contributed by atoms with Gasteiger partial charge in [-0.1, -0.05) is 18.2 Å². The Hall–Kier alpha value is -4.03. The molecule has 1 fully saturated rings. The Morgan fingerprint density at radius 1 is 1.04 bits per heavy atom. The number of hydrogen-bond donors (Lipinski definition) is 3. The zero-order valence-corrected chi connectivity index (χ0v) is 12.6. The van der Waals surface area contributed by atoms with Crippen molar-refractivity contribution in [2.75, 3.05) is 5.32 Å². The van der Waals surface area contributed by atoms with Crippen molar-refractivity contribution in [1.82, 2.24) is 5.32 Å². The summed E-state index contributed by atoms with van der Waals surface area (Å²) in [4.78, 5) is 0. The first-order valence-corrected chi connectivity index (χ1v) is 7.15. The average molecular weight is 327 g/mol. The van der Waals surface area contributed by atoms with Gasteiger partial charge in [-0.05, 0) is 11.6 Å². The van der Waals surface area contributed by atoms with Crippen LogP contribution >= 0.6 is 0 Å². The van der Waals surface area contributed by atoms with Crippen molar-refractivity contribution in [3.8, 4) is 30.3 Å². The molecular weight excluding hydrogens is 318 g/mol. The summed E-state index contributed by atoms with van der Waals surface area (Å²) in [5.41, 5.74) is -1.33. The molecule has 0 amide bonds. The maximum Gasteiger partial charge on any atom is 0.228 e. The molecule has 25 heavy (non-hydrogen) atoms. The number of nitriles is 5. The molecule has 3 atom stereocenters. The van der Waals surface area contributed by atoms with E-state index in [0.29, 0.717) is 11.3 Å². The fraction of sp³-hybridized carbons (Fsp3) is 0.235. The van der Waals surface area contributed by atoms with E-state index in [2.05, 4.69) is 10.6 Å². The van der Waals surface area contributed by atoms with Gasteiger partial charge in [-0.2, -0.15) is 26.3 Å². The molecule has 2 aliphatic rings. The van der Waals surface area contributed by atoms with Crippen LogP contribution < -0.4 is 10.6 Å². The molecule has 1 aromatic carbocycles. The molecule has 3 N–H and O–H groups in total. The van der Waals surface area contributed by atoms with E-state index < -0.39 is 23.1 Å². The molecule has 0 saturated carbocycles. The highest BCUT2D eigenvalue weighted by atomic mass is 16.3. The minimum atomic E-state index is -2.07. The van der Waals surface area contributed by atoms with Gasteiger partial charge in [0.15, 0.2) is 5.92 Å². The molecule has 1 aromatic rings. The van der Waals surface area contributed by atoms with Crippen molar-refractivity contribution < 1.29 is 5.11 Å². The highest BCUT2D eigenvalue weighted by Gasteiger charge is 2.72. The fourth-order valence-electron chi connectivity index (χ4n) is 3.72. The van der Waals surface area contributed by atoms with E-state index in [-0.39, 0.29) is 11.3 Å². The third-order valence-corrected chi connectivity index (χ3v) is 4.68. The standard InChI is InChI=1S/C17H9N7O/c18-5-10(6-19)15-13(9-22)16(11(7-20)8-21)12-3-1-2-4-14(12)23-17(16,25)24-15/h1-4,11,13,23-25H/t13-,16+,17-/m1/s1. The highest BCUT2D eigenvalue weighted by molar-refractivity contribution is 5.69. The lowest BCUT2D eigenvalue weighted by molar-refractivity contribution is -0.0170. The molecule has 8 heteroatoms. The number of hydrogen-bond acceptors (Lipinski definition) is 8. The first kappa shape index (κ1) is 15.9. The van der Waals surface area contributed by atoms with Gasteiger partial charge in [0.05, 0.1) is 23.9 Å². The third kappa shape index (κ3) is 1.68. The van der Waals surface area contributed by atoms with Crippen molar-refractivity contribution in [3.05, 3.63) is 41.1 Å². The predicted octanol–water partition coefficient (Wildman–Crippen LogP) is 0.704. The largest absolute Gasteiger partial charge is 0.353 e. The third-order valence-electron chi connectivity index (χ3n) is 4.68. The lowest BCUT2D eigenvalue weighted by Crippen LogP contribution is -2.60. The number of nitrogens with zero attached hydrogens (tertiary/aromatic N) is 5. The second-order valence-corrected chi connectivity index (χ2v) is 5.64. The lowest BCUT2D eigenvalue weighted by atomic mass is 9.63. The summed E-state index contributed by atoms with van der Waals surface area (Å²) in [6.07, 6.45) is 0. The van der Waals surface area contributed by atoms with Gasteiger partial charge in [0.25, 0.3) is 0 Å². The summed E-state index contributed by atoms with van der Waals surface area (Å²) in [6.45, 7) is 0. The van der Waals surface area contributed by atoms with Crippen LogP contribution in [0.3, 0.4) is 0 Å². The van der Waals surface area contributed by atoms with E-state index in [0.717, 1.165) is 0 Å². The number of anilines is 1. The Labute approximate surface area is 143 Å². The van der Waals surface area contributed by atoms with Gasteiger partial charge in [0, 0.05) is 5.69 Å². The summed E-state index contributed by atoms with van der Waals surface area (Å²) in [5, 5.41) is 63.8. The molecule has 118 valence electrons. The Morgan fingerprint density at radius 3 is 2.24 bits per heavy atom. The summed E-state index contributed by atoms with van der Waals surface area (Å²) in [7, 11) is 0. The minimum Gasteiger partial charge on any atom is -0.353 e. The minimum absolute atomic E-state index is 0.104. The van der Waals surface area contributed by atoms with E-state index in [4.69, 9.17) is 10.5 Å². The Kier molecular flexibility index (Phi) is 3.33. The number of para-hydroxylation sites is 1. The smallest absolute Gasteiger partial charge is 0.228 e. The Bertz CT molecular complexity index is 980. The summed E-state index contributed by atoms with van der Waals surface area (Å²) in [5.74, 6) is -4.75. The molecule has 8 nitrogen and oxygen atoms in total. The average Bonchev–Trinajstić information content (AvgIpc) is 3.01. The maximum absolute atomic E-state index is 11.2. The lowest BCUT2D eigenvalue weighted by Gasteiger charge is -2.37. The SMILES string of the molecule is N#CC(C#N)=C1N[C@]2(O)Nc3ccccc3[C@@]2(C(C#N)C#N)[C@@H]1C#N. The van der Waals surface area contributed by atoms with Crippen LogP contribution in [0.1, 0.15) is 5.56 Å². The summed E-state index contributed by atoms with van der Waals surface area (Å²) < 4.78 is 0. The van der Waals surface area contributed by atoms with Crippen LogP contribution in [-0.4, -0.2) is 11.0 Å². The van der Waals surface area contributed by atoms with Crippen molar-refractivity contribution >= 4 is 5.69 Å². The molecule has 0 radical (unpaired) electrons. The first-order chi connectivity index (χ1) is 12.0. The second-order valence-electron chi connectivity index (χ2n) is 5.64. The summed E-state index contributed by atoms with van der Waals surface area (Å²) in [6, 6.07) is 15.6. The maximum atomic E-state index is 11.2. The van der Waals surface area contributed by atoms with Crippen LogP contribution in [0, 0.1) is 68.5 Å². The van der Waals surface area contributed by atoms with E-state index in [1.807, 2.05) is 18.2 Å². The molecule has 2 aliphatic heterocycles. The molecule has 0 unspecified atom stereocenters. The van der Waals surface area contributed by atoms with Crippen molar-refractivity contribution in [1.29, 1.82) is 26.3 Å². The highest BCUT2D eigenvalue weighted by Crippen LogP contribution is 2.59. The second kappa shape index (κ2) is 5.26. The predicted molar refractivity (Wildman–Crippen MR) is 81.9 cm³/mol. The van der Waals surface area contributed by atoms with E-state index in [1.165, 1.54) is 0 Å². The van der Waals surface area contributed by atoms with Crippen molar-refractivity contribution in [2.45, 2.75) is 11.3 Å². The number of fused-ring (bicyclic) bond motifs is 3. The molecule has 0 aromatic heterocycles. The van der Waals surface area contributed by atoms with E-state index in [1.54, 1.807) is 36.4 Å². The van der Waals surface area contributed by atoms with E-state index >= 15 is 0 Å². The number of benzene rings is 1. The number of aliphatic hydroxyl groups is 1. The van der Waals surface area contributed by atoms with E-state index in [9.17, 15) is 20.9 Å². The Balaban J connectivity index is 2.44. The molecule has 1 saturated heterocycles. The Morgan fingerprint density at radius 2 is 1.68 bits per heavy atom. The van der Waals surface area contributed by atoms with Gasteiger partial charge in [-0.15, -0.1) is 0 Å². The molecule has 2 heterocycles. The number of rotatable bonds is 1. The van der Waals surface area contributed by atoms with Crippen LogP contribution in [0.5, 0.6) is 0 Å². The molecule has 0 spiro atoms. The van der Waals surface area contributed by atoms with Gasteiger partial charge in [-0.3, -0.25) is 0 Å². The quantitative estimate of drug-likeness (QED) is 0.634. The van der Waals surface area contributed by atoms with Crippen LogP contribution in [0.2, 0.25) is 0 Å². The van der Waals surface area contributed by atoms with Crippen molar-refractivity contribution in [2.24, 2.45) is 11.8 Å². The van der Waals surface area contributed by atoms with Crippen LogP contribution in [-0.2, 0) is 5.41 Å². The molecule has 3 rings (SSSR count). The van der Waals surface area contributed by atoms with Gasteiger partial charge < -0.3 is 15.7 Å². The van der Waals surface area contributed by atoms with Crippen LogP contribution in [0.15, 0.2) is 35.5 Å². The first-order valence-electron chi connectivity index (χ1n) is 7.15. The van der Waals surface area contributed by atoms with Crippen molar-refractivity contribution in [3.63, 3.8) is 0 Å². The number of nitrogens with one attached hydrogen (secondary N) is 2. The summed E-state index contributed by atoms with van der Waals surface area (Å²) >= 11 is 0. The van der Waals surface area contributed by atoms with Crippen LogP contribution in [0.4, 0.5) is 5.69 Å². The monoisotopic (exact) mass is 327 g/mol.